The number of pyridine rings is 1. The number of aromatic nitrogens is 1. The van der Waals surface area contributed by atoms with Crippen molar-refractivity contribution in [3.8, 4) is 6.07 Å². The first-order chi connectivity index (χ1) is 8.52. The summed E-state index contributed by atoms with van der Waals surface area (Å²) in [7, 11) is -2.98. The van der Waals surface area contributed by atoms with Crippen LogP contribution in [-0.4, -0.2) is 30.9 Å². The molecule has 1 saturated heterocycles. The smallest absolute Gasteiger partial charge is 0.152 e. The summed E-state index contributed by atoms with van der Waals surface area (Å²) in [5.74, 6) is 0.699. The highest BCUT2D eigenvalue weighted by Crippen LogP contribution is 2.25. The van der Waals surface area contributed by atoms with Gasteiger partial charge in [0.1, 0.15) is 16.9 Å². The van der Waals surface area contributed by atoms with Crippen LogP contribution < -0.4 is 5.32 Å². The van der Waals surface area contributed by atoms with Crippen molar-refractivity contribution in [3.05, 3.63) is 22.8 Å². The van der Waals surface area contributed by atoms with Crippen LogP contribution in [-0.2, 0) is 9.84 Å². The fourth-order valence-corrected chi connectivity index (χ4v) is 3.81. The summed E-state index contributed by atoms with van der Waals surface area (Å²) < 4.78 is 23.0. The van der Waals surface area contributed by atoms with Crippen LogP contribution >= 0.6 is 11.6 Å². The van der Waals surface area contributed by atoms with E-state index in [9.17, 15) is 8.42 Å². The molecule has 0 aliphatic carbocycles. The summed E-state index contributed by atoms with van der Waals surface area (Å²) in [6.07, 6.45) is 2.87. The average Bonchev–Trinajstić information content (AvgIpc) is 2.31. The van der Waals surface area contributed by atoms with Gasteiger partial charge in [0.2, 0.25) is 0 Å². The molecule has 2 heterocycles. The molecule has 1 aromatic rings. The number of nitrogens with zero attached hydrogens (tertiary/aromatic N) is 2. The predicted octanol–water partition coefficient (Wildman–Crippen LogP) is 1.60. The quantitative estimate of drug-likeness (QED) is 0.892. The monoisotopic (exact) mass is 285 g/mol. The Hall–Kier alpha value is -1.32. The Morgan fingerprint density at radius 1 is 1.56 bits per heavy atom. The molecule has 1 N–H and O–H groups in total. The molecule has 1 fully saturated rings. The standard InChI is InChI=1S/C11H12ClN3O2S/c12-10-8(6-13)3-4-14-11(10)15-9-2-1-5-18(16,17)7-9/h3-4,9H,1-2,5,7H2,(H,14,15). The van der Waals surface area contributed by atoms with E-state index in [4.69, 9.17) is 16.9 Å². The number of hydrogen-bond acceptors (Lipinski definition) is 5. The van der Waals surface area contributed by atoms with Crippen molar-refractivity contribution in [2.75, 3.05) is 16.8 Å². The molecule has 0 bridgehead atoms. The molecule has 1 aliphatic rings. The van der Waals surface area contributed by atoms with Crippen molar-refractivity contribution in [3.63, 3.8) is 0 Å². The Bertz CT molecular complexity index is 595. The van der Waals surface area contributed by atoms with E-state index in [1.807, 2.05) is 6.07 Å². The van der Waals surface area contributed by atoms with Crippen LogP contribution in [0.4, 0.5) is 5.82 Å². The maximum absolute atomic E-state index is 11.5. The highest BCUT2D eigenvalue weighted by molar-refractivity contribution is 7.91. The largest absolute Gasteiger partial charge is 0.365 e. The third-order valence-corrected chi connectivity index (χ3v) is 5.02. The van der Waals surface area contributed by atoms with Crippen molar-refractivity contribution >= 4 is 27.3 Å². The molecular formula is C11H12ClN3O2S. The van der Waals surface area contributed by atoms with E-state index in [1.54, 1.807) is 0 Å². The summed E-state index contributed by atoms with van der Waals surface area (Å²) in [6.45, 7) is 0. The van der Waals surface area contributed by atoms with Crippen molar-refractivity contribution in [2.24, 2.45) is 0 Å². The third kappa shape index (κ3) is 2.92. The molecule has 7 heteroatoms. The lowest BCUT2D eigenvalue weighted by Gasteiger charge is -2.23. The van der Waals surface area contributed by atoms with Crippen LogP contribution in [0.2, 0.25) is 5.02 Å². The number of sulfone groups is 1. The first-order valence-corrected chi connectivity index (χ1v) is 7.73. The minimum Gasteiger partial charge on any atom is -0.365 e. The first kappa shape index (κ1) is 13.1. The van der Waals surface area contributed by atoms with Gasteiger partial charge in [0.05, 0.1) is 17.1 Å². The van der Waals surface area contributed by atoms with Crippen LogP contribution in [0.5, 0.6) is 0 Å². The maximum atomic E-state index is 11.5. The Morgan fingerprint density at radius 3 is 3.00 bits per heavy atom. The zero-order chi connectivity index (χ0) is 13.2. The second-order valence-corrected chi connectivity index (χ2v) is 6.84. The van der Waals surface area contributed by atoms with Crippen LogP contribution in [0.25, 0.3) is 0 Å². The van der Waals surface area contributed by atoms with E-state index >= 15 is 0 Å². The highest BCUT2D eigenvalue weighted by Gasteiger charge is 2.25. The van der Waals surface area contributed by atoms with Gasteiger partial charge in [-0.2, -0.15) is 5.26 Å². The van der Waals surface area contributed by atoms with E-state index in [-0.39, 0.29) is 22.6 Å². The molecule has 0 spiro atoms. The summed E-state index contributed by atoms with van der Waals surface area (Å²) in [4.78, 5) is 4.04. The summed E-state index contributed by atoms with van der Waals surface area (Å²) in [5.41, 5.74) is 0.327. The van der Waals surface area contributed by atoms with Gasteiger partial charge in [-0.25, -0.2) is 13.4 Å². The van der Waals surface area contributed by atoms with Crippen molar-refractivity contribution in [1.82, 2.24) is 4.98 Å². The molecule has 18 heavy (non-hydrogen) atoms. The van der Waals surface area contributed by atoms with Gasteiger partial charge in [0.25, 0.3) is 0 Å². The number of nitrogens with one attached hydrogen (secondary N) is 1. The first-order valence-electron chi connectivity index (χ1n) is 5.53. The molecule has 96 valence electrons. The number of anilines is 1. The summed E-state index contributed by atoms with van der Waals surface area (Å²) in [5, 5.41) is 12.1. The zero-order valence-corrected chi connectivity index (χ0v) is 11.1. The van der Waals surface area contributed by atoms with E-state index in [2.05, 4.69) is 10.3 Å². The molecule has 1 unspecified atom stereocenters. The second kappa shape index (κ2) is 5.12. The van der Waals surface area contributed by atoms with Gasteiger partial charge in [-0.15, -0.1) is 0 Å². The molecule has 0 amide bonds. The van der Waals surface area contributed by atoms with E-state index in [0.29, 0.717) is 17.8 Å². The number of hydrogen-bond donors (Lipinski definition) is 1. The Labute approximate surface area is 111 Å². The number of nitriles is 1. The SMILES string of the molecule is N#Cc1ccnc(NC2CCCS(=O)(=O)C2)c1Cl. The summed E-state index contributed by atoms with van der Waals surface area (Å²) >= 11 is 6.00. The molecule has 0 radical (unpaired) electrons. The molecule has 1 atom stereocenters. The normalized spacial score (nSPS) is 22.1. The van der Waals surface area contributed by atoms with Crippen LogP contribution in [0.15, 0.2) is 12.3 Å². The molecule has 2 rings (SSSR count). The fraction of sp³-hybridized carbons (Fsp3) is 0.455. The zero-order valence-electron chi connectivity index (χ0n) is 9.56. The molecule has 0 aromatic carbocycles. The average molecular weight is 286 g/mol. The Balaban J connectivity index is 2.18. The van der Waals surface area contributed by atoms with E-state index in [0.717, 1.165) is 6.42 Å². The van der Waals surface area contributed by atoms with E-state index < -0.39 is 9.84 Å². The molecule has 0 saturated carbocycles. The third-order valence-electron chi connectivity index (χ3n) is 2.81. The van der Waals surface area contributed by atoms with Gasteiger partial charge < -0.3 is 5.32 Å². The van der Waals surface area contributed by atoms with Crippen LogP contribution in [0, 0.1) is 11.3 Å². The van der Waals surface area contributed by atoms with Gasteiger partial charge in [0, 0.05) is 12.2 Å². The van der Waals surface area contributed by atoms with Gasteiger partial charge in [-0.1, -0.05) is 11.6 Å². The van der Waals surface area contributed by atoms with Crippen molar-refractivity contribution in [2.45, 2.75) is 18.9 Å². The van der Waals surface area contributed by atoms with Crippen LogP contribution in [0.3, 0.4) is 0 Å². The fourth-order valence-electron chi connectivity index (χ4n) is 1.96. The topological polar surface area (TPSA) is 82.8 Å². The molecule has 1 aromatic heterocycles. The van der Waals surface area contributed by atoms with Gasteiger partial charge in [-0.3, -0.25) is 0 Å². The lowest BCUT2D eigenvalue weighted by Crippen LogP contribution is -2.35. The molecule has 5 nitrogen and oxygen atoms in total. The van der Waals surface area contributed by atoms with Crippen molar-refractivity contribution < 1.29 is 8.42 Å². The maximum Gasteiger partial charge on any atom is 0.152 e. The summed E-state index contributed by atoms with van der Waals surface area (Å²) in [6, 6.07) is 3.29. The van der Waals surface area contributed by atoms with E-state index in [1.165, 1.54) is 12.3 Å². The molecule has 1 aliphatic heterocycles. The minimum atomic E-state index is -2.98. The van der Waals surface area contributed by atoms with Crippen LogP contribution in [0.1, 0.15) is 18.4 Å². The minimum absolute atomic E-state index is 0.0851. The lowest BCUT2D eigenvalue weighted by molar-refractivity contribution is 0.561. The van der Waals surface area contributed by atoms with Gasteiger partial charge in [0.15, 0.2) is 9.84 Å². The second-order valence-electron chi connectivity index (χ2n) is 4.23. The lowest BCUT2D eigenvalue weighted by atomic mass is 10.2. The highest BCUT2D eigenvalue weighted by atomic mass is 35.5. The predicted molar refractivity (Wildman–Crippen MR) is 69.3 cm³/mol. The number of rotatable bonds is 2. The Kier molecular flexibility index (Phi) is 3.73. The van der Waals surface area contributed by atoms with Crippen molar-refractivity contribution in [1.29, 1.82) is 5.26 Å². The van der Waals surface area contributed by atoms with Gasteiger partial charge >= 0.3 is 0 Å². The van der Waals surface area contributed by atoms with Gasteiger partial charge in [-0.05, 0) is 18.9 Å². The molecular weight excluding hydrogens is 274 g/mol. The number of halogens is 1. The Morgan fingerprint density at radius 2 is 2.33 bits per heavy atom.